The molecule has 0 heterocycles. The number of rotatable bonds is 8. The van der Waals surface area contributed by atoms with Gasteiger partial charge in [0.2, 0.25) is 0 Å². The summed E-state index contributed by atoms with van der Waals surface area (Å²) < 4.78 is 37.9. The summed E-state index contributed by atoms with van der Waals surface area (Å²) in [6, 6.07) is 10.3. The number of benzene rings is 2. The molecule has 0 aliphatic carbocycles. The molecule has 2 aromatic rings. The number of hydrogen-bond acceptors (Lipinski definition) is 4. The van der Waals surface area contributed by atoms with Crippen LogP contribution in [0, 0.1) is 0 Å². The molecular weight excluding hydrogens is 367 g/mol. The monoisotopic (exact) mass is 388 g/mol. The fourth-order valence-electron chi connectivity index (χ4n) is 2.38. The topological polar surface area (TPSA) is 86.7 Å². The predicted octanol–water partition coefficient (Wildman–Crippen LogP) is 0.926. The maximum absolute atomic E-state index is 11.5. The van der Waals surface area contributed by atoms with Gasteiger partial charge in [-0.2, -0.15) is 8.42 Å². The van der Waals surface area contributed by atoms with Crippen LogP contribution in [-0.4, -0.2) is 13.0 Å². The van der Waals surface area contributed by atoms with E-state index < -0.39 is 10.1 Å². The van der Waals surface area contributed by atoms with Gasteiger partial charge in [-0.1, -0.05) is 38.3 Å². The molecule has 0 atom stereocenters. The molecule has 1 N–H and O–H groups in total. The van der Waals surface area contributed by atoms with Crippen molar-refractivity contribution in [2.75, 3.05) is 0 Å². The molecule has 0 spiro atoms. The zero-order valence-electron chi connectivity index (χ0n) is 14.6. The van der Waals surface area contributed by atoms with Gasteiger partial charge < -0.3 is 9.84 Å². The summed E-state index contributed by atoms with van der Waals surface area (Å²) in [5.41, 5.74) is 0.789. The molecule has 2 rings (SSSR count). The average molecular weight is 389 g/mol. The van der Waals surface area contributed by atoms with Crippen LogP contribution >= 0.6 is 0 Å². The Morgan fingerprint density at radius 3 is 2.28 bits per heavy atom. The van der Waals surface area contributed by atoms with E-state index in [1.54, 1.807) is 6.07 Å². The van der Waals surface area contributed by atoms with E-state index in [4.69, 9.17) is 4.74 Å². The van der Waals surface area contributed by atoms with Crippen LogP contribution in [0.5, 0.6) is 17.2 Å². The molecule has 25 heavy (non-hydrogen) atoms. The minimum absolute atomic E-state index is 0. The molecule has 2 aromatic carbocycles. The van der Waals surface area contributed by atoms with Crippen LogP contribution in [0.4, 0.5) is 0 Å². The predicted molar refractivity (Wildman–Crippen MR) is 90.1 cm³/mol. The molecule has 0 amide bonds. The standard InChI is InChI=1S/C18H22O5S.K/c1-2-3-4-5-6-14-11-17(13-18(12-14)24(20,21)22)23-16-9-7-15(19)8-10-16;/h7-13,19H,2-6H2,1H3,(H,20,21,22);/q;+1/p-1. The molecule has 7 heteroatoms. The maximum Gasteiger partial charge on any atom is 1.00 e. The third-order valence-corrected chi connectivity index (χ3v) is 4.45. The summed E-state index contributed by atoms with van der Waals surface area (Å²) in [6.45, 7) is 2.12. The van der Waals surface area contributed by atoms with Crippen molar-refractivity contribution in [2.24, 2.45) is 0 Å². The van der Waals surface area contributed by atoms with Crippen molar-refractivity contribution in [2.45, 2.75) is 43.9 Å². The first-order valence-electron chi connectivity index (χ1n) is 7.95. The number of aryl methyl sites for hydroxylation is 1. The quantitative estimate of drug-likeness (QED) is 0.413. The Bertz CT molecular complexity index is 773. The second-order valence-corrected chi connectivity index (χ2v) is 7.09. The Morgan fingerprint density at radius 1 is 1.00 bits per heavy atom. The van der Waals surface area contributed by atoms with Crippen molar-refractivity contribution in [3.05, 3.63) is 48.0 Å². The molecule has 0 unspecified atom stereocenters. The molecular formula is C18H21KO5S. The van der Waals surface area contributed by atoms with Gasteiger partial charge in [0.05, 0.1) is 4.90 Å². The molecule has 0 saturated heterocycles. The molecule has 5 nitrogen and oxygen atoms in total. The van der Waals surface area contributed by atoms with Crippen LogP contribution in [0.3, 0.4) is 0 Å². The van der Waals surface area contributed by atoms with E-state index in [-0.39, 0.29) is 62.0 Å². The van der Waals surface area contributed by atoms with E-state index >= 15 is 0 Å². The van der Waals surface area contributed by atoms with Gasteiger partial charge >= 0.3 is 51.4 Å². The van der Waals surface area contributed by atoms with Gasteiger partial charge in [0.1, 0.15) is 11.5 Å². The van der Waals surface area contributed by atoms with Gasteiger partial charge in [0.15, 0.2) is 0 Å². The first kappa shape index (κ1) is 22.6. The summed E-state index contributed by atoms with van der Waals surface area (Å²) in [6.07, 6.45) is 4.96. The third-order valence-electron chi connectivity index (χ3n) is 3.62. The van der Waals surface area contributed by atoms with E-state index in [9.17, 15) is 18.1 Å². The molecule has 0 aromatic heterocycles. The average Bonchev–Trinajstić information content (AvgIpc) is 2.53. The van der Waals surface area contributed by atoms with Crippen LogP contribution in [0.15, 0.2) is 47.4 Å². The second-order valence-electron chi connectivity index (χ2n) is 5.67. The van der Waals surface area contributed by atoms with Gasteiger partial charge in [-0.15, -0.1) is 5.75 Å². The van der Waals surface area contributed by atoms with Gasteiger partial charge in [-0.05, 0) is 42.7 Å². The molecule has 0 aliphatic heterocycles. The summed E-state index contributed by atoms with van der Waals surface area (Å²) in [5, 5.41) is 11.1. The Kier molecular flexibility index (Phi) is 9.65. The Hall–Kier alpha value is -0.414. The van der Waals surface area contributed by atoms with Crippen LogP contribution in [0.1, 0.15) is 38.2 Å². The van der Waals surface area contributed by atoms with E-state index in [2.05, 4.69) is 6.92 Å². The molecule has 0 bridgehead atoms. The Balaban J connectivity index is 0.00000312. The fourth-order valence-corrected chi connectivity index (χ4v) is 2.95. The van der Waals surface area contributed by atoms with Gasteiger partial charge in [-0.3, -0.25) is 4.55 Å². The molecule has 0 saturated carbocycles. The Morgan fingerprint density at radius 2 is 1.68 bits per heavy atom. The van der Waals surface area contributed by atoms with E-state index in [0.717, 1.165) is 31.2 Å². The summed E-state index contributed by atoms with van der Waals surface area (Å²) >= 11 is 0. The maximum atomic E-state index is 11.5. The minimum Gasteiger partial charge on any atom is -0.872 e. The van der Waals surface area contributed by atoms with Crippen LogP contribution in [-0.2, 0) is 16.5 Å². The summed E-state index contributed by atoms with van der Waals surface area (Å²) in [5.74, 6) is 0.610. The minimum atomic E-state index is -4.31. The van der Waals surface area contributed by atoms with Crippen LogP contribution in [0.2, 0.25) is 0 Å². The van der Waals surface area contributed by atoms with Crippen molar-refractivity contribution in [1.82, 2.24) is 0 Å². The van der Waals surface area contributed by atoms with E-state index in [1.165, 1.54) is 36.4 Å². The molecule has 130 valence electrons. The normalized spacial score (nSPS) is 11.0. The molecule has 0 radical (unpaired) electrons. The van der Waals surface area contributed by atoms with Gasteiger partial charge in [0.25, 0.3) is 10.1 Å². The number of ether oxygens (including phenoxy) is 1. The van der Waals surface area contributed by atoms with Crippen molar-refractivity contribution < 1.29 is 74.2 Å². The zero-order valence-corrected chi connectivity index (χ0v) is 18.5. The first-order chi connectivity index (χ1) is 11.4. The van der Waals surface area contributed by atoms with Crippen molar-refractivity contribution in [3.8, 4) is 17.2 Å². The largest absolute Gasteiger partial charge is 1.00 e. The van der Waals surface area contributed by atoms with Crippen molar-refractivity contribution in [1.29, 1.82) is 0 Å². The fraction of sp³-hybridized carbons (Fsp3) is 0.333. The third kappa shape index (κ3) is 7.78. The molecule has 0 fully saturated rings. The second kappa shape index (κ2) is 10.7. The SMILES string of the molecule is CCCCCCc1cc(Oc2ccc([O-])cc2)cc(S(=O)(=O)O)c1.[K+]. The van der Waals surface area contributed by atoms with E-state index in [1.807, 2.05) is 0 Å². The first-order valence-corrected chi connectivity index (χ1v) is 9.39. The number of unbranched alkanes of at least 4 members (excludes halogenated alkanes) is 3. The zero-order chi connectivity index (χ0) is 17.6. The van der Waals surface area contributed by atoms with Gasteiger partial charge in [0, 0.05) is 6.07 Å². The smallest absolute Gasteiger partial charge is 0.872 e. The molecule has 0 aliphatic rings. The number of hydrogen-bond donors (Lipinski definition) is 1. The van der Waals surface area contributed by atoms with Crippen molar-refractivity contribution >= 4 is 10.1 Å². The summed E-state index contributed by atoms with van der Waals surface area (Å²) in [4.78, 5) is -0.189. The summed E-state index contributed by atoms with van der Waals surface area (Å²) in [7, 11) is -4.31. The van der Waals surface area contributed by atoms with Gasteiger partial charge in [-0.25, -0.2) is 0 Å². The van der Waals surface area contributed by atoms with Crippen LogP contribution < -0.4 is 61.2 Å². The van der Waals surface area contributed by atoms with Crippen LogP contribution in [0.25, 0.3) is 0 Å². The van der Waals surface area contributed by atoms with E-state index in [0.29, 0.717) is 17.9 Å². The van der Waals surface area contributed by atoms with Crippen molar-refractivity contribution in [3.63, 3.8) is 0 Å². The Labute approximate surface area is 191 Å².